The van der Waals surface area contributed by atoms with Gasteiger partial charge in [-0.2, -0.15) is 0 Å². The summed E-state index contributed by atoms with van der Waals surface area (Å²) in [5.74, 6) is 0.172. The molecule has 0 aliphatic carbocycles. The molecule has 0 fully saturated rings. The molecule has 134 valence electrons. The van der Waals surface area contributed by atoms with Gasteiger partial charge in [0, 0.05) is 18.1 Å². The van der Waals surface area contributed by atoms with Crippen LogP contribution in [0.5, 0.6) is 11.5 Å². The number of hydrogen-bond acceptors (Lipinski definition) is 4. The number of ether oxygens (including phenoxy) is 2. The Hall–Kier alpha value is -2.40. The van der Waals surface area contributed by atoms with Crippen molar-refractivity contribution in [3.05, 3.63) is 53.9 Å². The van der Waals surface area contributed by atoms with Crippen LogP contribution in [-0.2, 0) is 6.54 Å². The fourth-order valence-corrected chi connectivity index (χ4v) is 2.33. The monoisotopic (exact) mass is 363 g/mol. The van der Waals surface area contributed by atoms with E-state index in [2.05, 4.69) is 6.92 Å². The molecule has 0 amide bonds. The van der Waals surface area contributed by atoms with Crippen LogP contribution in [0.4, 0.5) is 0 Å². The Balaban J connectivity index is 0.00000312. The Morgan fingerprint density at radius 3 is 2.68 bits per heavy atom. The maximum atomic E-state index is 12.4. The van der Waals surface area contributed by atoms with Gasteiger partial charge in [-0.05, 0) is 30.7 Å². The summed E-state index contributed by atoms with van der Waals surface area (Å²) in [7, 11) is 1.46. The second kappa shape index (κ2) is 10.5. The number of aromatic nitrogens is 1. The summed E-state index contributed by atoms with van der Waals surface area (Å²) in [6.45, 7) is 3.02. The quantitative estimate of drug-likeness (QED) is 0.221. The summed E-state index contributed by atoms with van der Waals surface area (Å²) in [6.07, 6.45) is 7.81. The first-order valence-electron chi connectivity index (χ1n) is 8.02. The van der Waals surface area contributed by atoms with E-state index in [4.69, 9.17) is 9.47 Å². The van der Waals surface area contributed by atoms with Gasteiger partial charge in [0.05, 0.1) is 7.11 Å². The third-order valence-corrected chi connectivity index (χ3v) is 3.64. The predicted octanol–water partition coefficient (Wildman–Crippen LogP) is 0.209. The minimum absolute atomic E-state index is 0. The summed E-state index contributed by atoms with van der Waals surface area (Å²) in [4.78, 5) is 23.2. The van der Waals surface area contributed by atoms with Crippen molar-refractivity contribution in [3.63, 3.8) is 0 Å². The highest BCUT2D eigenvalue weighted by Gasteiger charge is 2.16. The van der Waals surface area contributed by atoms with Crippen molar-refractivity contribution < 1.29 is 36.0 Å². The highest BCUT2D eigenvalue weighted by Crippen LogP contribution is 2.28. The van der Waals surface area contributed by atoms with Gasteiger partial charge in [0.15, 0.2) is 23.9 Å². The van der Waals surface area contributed by atoms with Crippen molar-refractivity contribution >= 4 is 12.3 Å². The predicted molar refractivity (Wildman–Crippen MR) is 89.5 cm³/mol. The molecule has 25 heavy (non-hydrogen) atoms. The van der Waals surface area contributed by atoms with Gasteiger partial charge in [0.2, 0.25) is 0 Å². The molecule has 0 spiro atoms. The summed E-state index contributed by atoms with van der Waals surface area (Å²) < 4.78 is 12.6. The van der Waals surface area contributed by atoms with Gasteiger partial charge in [-0.15, -0.1) is 0 Å². The van der Waals surface area contributed by atoms with Crippen LogP contribution in [0.2, 0.25) is 0 Å². The molecular weight excluding hydrogens is 342 g/mol. The lowest BCUT2D eigenvalue weighted by atomic mass is 10.2. The highest BCUT2D eigenvalue weighted by molar-refractivity contribution is 5.91. The molecule has 1 aromatic carbocycles. The van der Waals surface area contributed by atoms with Crippen molar-refractivity contribution in [3.8, 4) is 11.5 Å². The van der Waals surface area contributed by atoms with E-state index in [0.717, 1.165) is 25.8 Å². The smallest absolute Gasteiger partial charge is 0.349 e. The Bertz CT molecular complexity index is 718. The summed E-state index contributed by atoms with van der Waals surface area (Å²) in [5, 5.41) is 0. The molecule has 0 saturated heterocycles. The summed E-state index contributed by atoms with van der Waals surface area (Å²) in [6, 6.07) is 8.21. The van der Waals surface area contributed by atoms with E-state index in [0.29, 0.717) is 23.2 Å². The standard InChI is InChI=1S/C19H22NO4.ClH/c1-3-4-5-10-20-11-6-7-16(13-20)19(22)24-17-9-8-15(14-21)12-18(17)23-2;/h6-9,11-14H,3-5,10H2,1-2H3;1H/q+1;/p-1. The van der Waals surface area contributed by atoms with E-state index in [1.807, 2.05) is 16.8 Å². The van der Waals surface area contributed by atoms with Crippen molar-refractivity contribution in [2.24, 2.45) is 0 Å². The van der Waals surface area contributed by atoms with E-state index in [9.17, 15) is 9.59 Å². The lowest BCUT2D eigenvalue weighted by Crippen LogP contribution is -3.00. The number of carbonyl (C=O) groups excluding carboxylic acids is 2. The average molecular weight is 364 g/mol. The molecule has 5 nitrogen and oxygen atoms in total. The van der Waals surface area contributed by atoms with Crippen molar-refractivity contribution in [1.29, 1.82) is 0 Å². The number of hydrogen-bond donors (Lipinski definition) is 0. The Morgan fingerprint density at radius 2 is 2.00 bits per heavy atom. The first-order valence-corrected chi connectivity index (χ1v) is 8.02. The van der Waals surface area contributed by atoms with Crippen LogP contribution in [0, 0.1) is 0 Å². The van der Waals surface area contributed by atoms with Crippen molar-refractivity contribution in [2.45, 2.75) is 32.7 Å². The van der Waals surface area contributed by atoms with E-state index in [1.54, 1.807) is 24.4 Å². The number of esters is 1. The molecule has 1 aromatic heterocycles. The largest absolute Gasteiger partial charge is 1.00 e. The molecule has 0 aliphatic rings. The summed E-state index contributed by atoms with van der Waals surface area (Å²) in [5.41, 5.74) is 0.927. The van der Waals surface area contributed by atoms with E-state index < -0.39 is 5.97 Å². The number of aryl methyl sites for hydroxylation is 1. The lowest BCUT2D eigenvalue weighted by molar-refractivity contribution is -0.697. The maximum Gasteiger partial charge on any atom is 0.349 e. The van der Waals surface area contributed by atoms with E-state index >= 15 is 0 Å². The zero-order valence-electron chi connectivity index (χ0n) is 14.4. The zero-order valence-corrected chi connectivity index (χ0v) is 15.2. The fourth-order valence-electron chi connectivity index (χ4n) is 2.33. The van der Waals surface area contributed by atoms with Crippen LogP contribution in [0.15, 0.2) is 42.7 Å². The van der Waals surface area contributed by atoms with Crippen LogP contribution >= 0.6 is 0 Å². The van der Waals surface area contributed by atoms with Crippen LogP contribution in [0.3, 0.4) is 0 Å². The average Bonchev–Trinajstić information content (AvgIpc) is 2.62. The third-order valence-electron chi connectivity index (χ3n) is 3.64. The Labute approximate surface area is 154 Å². The first-order chi connectivity index (χ1) is 11.7. The number of nitrogens with zero attached hydrogens (tertiary/aromatic N) is 1. The number of unbranched alkanes of at least 4 members (excludes halogenated alkanes) is 2. The molecule has 1 heterocycles. The molecule has 0 saturated carbocycles. The van der Waals surface area contributed by atoms with E-state index in [-0.39, 0.29) is 18.2 Å². The van der Waals surface area contributed by atoms with Gasteiger partial charge in [0.1, 0.15) is 18.4 Å². The van der Waals surface area contributed by atoms with Crippen molar-refractivity contribution in [2.75, 3.05) is 7.11 Å². The number of carbonyl (C=O) groups is 2. The lowest BCUT2D eigenvalue weighted by Gasteiger charge is -2.09. The molecule has 6 heteroatoms. The van der Waals surface area contributed by atoms with Crippen LogP contribution in [-0.4, -0.2) is 19.4 Å². The molecule has 0 bridgehead atoms. The SMILES string of the molecule is CCCCC[n+]1cccc(C(=O)Oc2ccc(C=O)cc2OC)c1.[Cl-]. The van der Waals surface area contributed by atoms with Gasteiger partial charge in [-0.3, -0.25) is 4.79 Å². The number of benzene rings is 1. The van der Waals surface area contributed by atoms with E-state index in [1.165, 1.54) is 13.2 Å². The van der Waals surface area contributed by atoms with Gasteiger partial charge in [0.25, 0.3) is 0 Å². The number of aldehydes is 1. The highest BCUT2D eigenvalue weighted by atomic mass is 35.5. The molecule has 0 unspecified atom stereocenters. The third kappa shape index (κ3) is 5.87. The van der Waals surface area contributed by atoms with Gasteiger partial charge in [-0.1, -0.05) is 13.3 Å². The first kappa shape index (κ1) is 20.6. The Morgan fingerprint density at radius 1 is 1.20 bits per heavy atom. The summed E-state index contributed by atoms with van der Waals surface area (Å²) >= 11 is 0. The molecule has 0 atom stereocenters. The molecular formula is C19H22ClNO4. The molecule has 2 rings (SSSR count). The zero-order chi connectivity index (χ0) is 17.4. The second-order valence-corrected chi connectivity index (χ2v) is 5.46. The van der Waals surface area contributed by atoms with Gasteiger partial charge in [-0.25, -0.2) is 9.36 Å². The van der Waals surface area contributed by atoms with Crippen LogP contribution in [0.1, 0.15) is 46.9 Å². The normalized spacial score (nSPS) is 9.84. The molecule has 0 radical (unpaired) electrons. The molecule has 0 N–H and O–H groups in total. The van der Waals surface area contributed by atoms with Gasteiger partial charge < -0.3 is 21.9 Å². The maximum absolute atomic E-state index is 12.4. The Kier molecular flexibility index (Phi) is 8.64. The molecule has 0 aliphatic heterocycles. The number of pyridine rings is 1. The second-order valence-electron chi connectivity index (χ2n) is 5.46. The minimum atomic E-state index is -0.461. The number of rotatable bonds is 8. The minimum Gasteiger partial charge on any atom is -1.00 e. The molecule has 2 aromatic rings. The fraction of sp³-hybridized carbons (Fsp3) is 0.316. The van der Waals surface area contributed by atoms with Crippen LogP contribution < -0.4 is 26.4 Å². The number of halogens is 1. The van der Waals surface area contributed by atoms with Gasteiger partial charge >= 0.3 is 5.97 Å². The number of methoxy groups -OCH3 is 1. The topological polar surface area (TPSA) is 56.5 Å². The van der Waals surface area contributed by atoms with Crippen molar-refractivity contribution in [1.82, 2.24) is 0 Å². The van der Waals surface area contributed by atoms with Crippen LogP contribution in [0.25, 0.3) is 0 Å².